The molecule has 0 aromatic heterocycles. The van der Waals surface area contributed by atoms with Crippen LogP contribution in [0.5, 0.6) is 0 Å². The highest BCUT2D eigenvalue weighted by Crippen LogP contribution is 2.26. The van der Waals surface area contributed by atoms with Crippen molar-refractivity contribution in [1.82, 2.24) is 4.90 Å². The van der Waals surface area contributed by atoms with E-state index in [1.807, 2.05) is 6.07 Å². The molecule has 2 aromatic rings. The molecule has 0 saturated carbocycles. The van der Waals surface area contributed by atoms with Crippen LogP contribution in [0, 0.1) is 0 Å². The Balaban J connectivity index is 1.74. The third-order valence-electron chi connectivity index (χ3n) is 4.21. The minimum absolute atomic E-state index is 0.0308. The molecule has 7 heteroatoms. The van der Waals surface area contributed by atoms with Gasteiger partial charge < -0.3 is 5.32 Å². The van der Waals surface area contributed by atoms with Gasteiger partial charge in [-0.1, -0.05) is 47.5 Å². The molecule has 1 aliphatic rings. The molecule has 2 aromatic carbocycles. The summed E-state index contributed by atoms with van der Waals surface area (Å²) in [6.45, 7) is 0. The van der Waals surface area contributed by atoms with Gasteiger partial charge in [-0.15, -0.1) is 0 Å². The summed E-state index contributed by atoms with van der Waals surface area (Å²) in [5.41, 5.74) is 1.17. The molecule has 26 heavy (non-hydrogen) atoms. The van der Waals surface area contributed by atoms with E-state index in [9.17, 15) is 14.4 Å². The number of amides is 3. The number of carbonyl (C=O) groups is 3. The van der Waals surface area contributed by atoms with Gasteiger partial charge in [-0.25, -0.2) is 4.79 Å². The zero-order valence-corrected chi connectivity index (χ0v) is 15.3. The van der Waals surface area contributed by atoms with Crippen LogP contribution in [0.3, 0.4) is 0 Å². The van der Waals surface area contributed by atoms with Crippen LogP contribution < -0.4 is 5.32 Å². The number of Topliss-reactive ketones (excluding diaryl/α,β-unsaturated/α-hetero) is 1. The first kappa shape index (κ1) is 18.4. The number of carbonyl (C=O) groups excluding carboxylic acids is 3. The van der Waals surface area contributed by atoms with E-state index in [0.29, 0.717) is 27.7 Å². The van der Waals surface area contributed by atoms with Crippen molar-refractivity contribution in [2.45, 2.75) is 25.3 Å². The summed E-state index contributed by atoms with van der Waals surface area (Å²) in [4.78, 5) is 38.4. The molecular formula is C19H16Cl2N2O3. The van der Waals surface area contributed by atoms with Crippen LogP contribution in [0.2, 0.25) is 10.0 Å². The highest BCUT2D eigenvalue weighted by atomic mass is 35.5. The zero-order chi connectivity index (χ0) is 18.7. The molecule has 1 fully saturated rings. The van der Waals surface area contributed by atoms with Gasteiger partial charge in [0.1, 0.15) is 6.04 Å². The Hall–Kier alpha value is -2.37. The smallest absolute Gasteiger partial charge is 0.307 e. The molecule has 1 aliphatic heterocycles. The van der Waals surface area contributed by atoms with Gasteiger partial charge in [0.05, 0.1) is 0 Å². The Labute approximate surface area is 160 Å². The van der Waals surface area contributed by atoms with Gasteiger partial charge in [0, 0.05) is 28.6 Å². The number of rotatable bonds is 4. The lowest BCUT2D eigenvalue weighted by atomic mass is 10.0. The number of hydrogen-bond donors (Lipinski definition) is 1. The van der Waals surface area contributed by atoms with E-state index in [0.717, 1.165) is 4.90 Å². The summed E-state index contributed by atoms with van der Waals surface area (Å²) in [5.74, 6) is -0.595. The van der Waals surface area contributed by atoms with Crippen LogP contribution >= 0.6 is 23.2 Å². The van der Waals surface area contributed by atoms with Crippen molar-refractivity contribution < 1.29 is 14.4 Å². The van der Waals surface area contributed by atoms with Crippen molar-refractivity contribution >= 4 is 46.6 Å². The molecule has 1 atom stereocenters. The Kier molecular flexibility index (Phi) is 5.59. The third kappa shape index (κ3) is 4.06. The van der Waals surface area contributed by atoms with Gasteiger partial charge in [-0.3, -0.25) is 14.5 Å². The molecule has 0 unspecified atom stereocenters. The molecule has 1 N–H and O–H groups in total. The number of nitrogens with zero attached hydrogens (tertiary/aromatic N) is 1. The predicted octanol–water partition coefficient (Wildman–Crippen LogP) is 4.33. The predicted molar refractivity (Wildman–Crippen MR) is 101 cm³/mol. The van der Waals surface area contributed by atoms with Crippen molar-refractivity contribution in [2.75, 3.05) is 5.32 Å². The minimum atomic E-state index is -0.794. The highest BCUT2D eigenvalue weighted by Gasteiger charge is 2.40. The Morgan fingerprint density at radius 1 is 1.12 bits per heavy atom. The van der Waals surface area contributed by atoms with Crippen molar-refractivity contribution in [2.24, 2.45) is 0 Å². The quantitative estimate of drug-likeness (QED) is 0.844. The second-order valence-corrected chi connectivity index (χ2v) is 6.84. The monoisotopic (exact) mass is 390 g/mol. The van der Waals surface area contributed by atoms with Gasteiger partial charge in [0.2, 0.25) is 5.91 Å². The first-order valence-corrected chi connectivity index (χ1v) is 8.86. The number of urea groups is 1. The van der Waals surface area contributed by atoms with Crippen molar-refractivity contribution in [1.29, 1.82) is 0 Å². The largest absolute Gasteiger partial charge is 0.329 e. The van der Waals surface area contributed by atoms with Crippen molar-refractivity contribution in [3.8, 4) is 0 Å². The minimum Gasteiger partial charge on any atom is -0.307 e. The summed E-state index contributed by atoms with van der Waals surface area (Å²) < 4.78 is 0. The van der Waals surface area contributed by atoms with Crippen LogP contribution in [0.4, 0.5) is 10.5 Å². The van der Waals surface area contributed by atoms with Crippen molar-refractivity contribution in [3.63, 3.8) is 0 Å². The molecule has 134 valence electrons. The molecular weight excluding hydrogens is 375 g/mol. The van der Waals surface area contributed by atoms with Gasteiger partial charge in [-0.2, -0.15) is 0 Å². The lowest BCUT2D eigenvalue weighted by Crippen LogP contribution is -2.45. The molecule has 0 radical (unpaired) electrons. The maximum absolute atomic E-state index is 12.7. The number of para-hydroxylation sites is 1. The van der Waals surface area contributed by atoms with Gasteiger partial charge in [0.15, 0.2) is 5.78 Å². The normalized spacial score (nSPS) is 16.6. The summed E-state index contributed by atoms with van der Waals surface area (Å²) in [5, 5.41) is 3.51. The second-order valence-electron chi connectivity index (χ2n) is 5.99. The van der Waals surface area contributed by atoms with Crippen molar-refractivity contribution in [3.05, 3.63) is 64.1 Å². The molecule has 1 saturated heterocycles. The fourth-order valence-corrected chi connectivity index (χ4v) is 3.39. The fourth-order valence-electron chi connectivity index (χ4n) is 2.92. The number of anilines is 1. The number of nitrogens with one attached hydrogen (secondary N) is 1. The first-order chi connectivity index (χ1) is 12.5. The number of imide groups is 1. The molecule has 3 rings (SSSR count). The van der Waals surface area contributed by atoms with E-state index in [4.69, 9.17) is 23.2 Å². The molecule has 0 aliphatic carbocycles. The van der Waals surface area contributed by atoms with E-state index in [1.54, 1.807) is 42.5 Å². The van der Waals surface area contributed by atoms with E-state index in [1.165, 1.54) is 0 Å². The number of benzene rings is 2. The molecule has 5 nitrogen and oxygen atoms in total. The summed E-state index contributed by atoms with van der Waals surface area (Å²) in [6.07, 6.45) is 0.501. The maximum Gasteiger partial charge on any atom is 0.329 e. The maximum atomic E-state index is 12.7. The van der Waals surface area contributed by atoms with Crippen LogP contribution in [0.25, 0.3) is 0 Å². The molecule has 1 heterocycles. The van der Waals surface area contributed by atoms with Gasteiger partial charge in [-0.05, 0) is 36.2 Å². The Bertz CT molecular complexity index is 855. The second kappa shape index (κ2) is 7.89. The molecule has 0 bridgehead atoms. The van der Waals surface area contributed by atoms with Gasteiger partial charge in [0.25, 0.3) is 0 Å². The van der Waals surface area contributed by atoms with E-state index < -0.39 is 12.1 Å². The Morgan fingerprint density at radius 3 is 2.54 bits per heavy atom. The standard InChI is InChI=1S/C19H16Cl2N2O3/c20-13-7-6-12(15(21)11-13)10-17(24)16-8-9-18(25)23(16)19(26)22-14-4-2-1-3-5-14/h1-7,11,16H,8-10H2,(H,22,26)/t16-/m0/s1. The SMILES string of the molecule is O=C(Cc1ccc(Cl)cc1Cl)[C@@H]1CCC(=O)N1C(=O)Nc1ccccc1. The average Bonchev–Trinajstić information content (AvgIpc) is 3.00. The highest BCUT2D eigenvalue weighted by molar-refractivity contribution is 6.35. The topological polar surface area (TPSA) is 66.5 Å². The van der Waals surface area contributed by atoms with Crippen LogP contribution in [0.1, 0.15) is 18.4 Å². The van der Waals surface area contributed by atoms with E-state index >= 15 is 0 Å². The average molecular weight is 391 g/mol. The number of halogens is 2. The van der Waals surface area contributed by atoms with E-state index in [2.05, 4.69) is 5.32 Å². The van der Waals surface area contributed by atoms with Crippen LogP contribution in [0.15, 0.2) is 48.5 Å². The first-order valence-electron chi connectivity index (χ1n) is 8.10. The van der Waals surface area contributed by atoms with E-state index in [-0.39, 0.29) is 24.5 Å². The third-order valence-corrected chi connectivity index (χ3v) is 4.79. The number of hydrogen-bond acceptors (Lipinski definition) is 3. The number of likely N-dealkylation sites (tertiary alicyclic amines) is 1. The summed E-state index contributed by atoms with van der Waals surface area (Å²) in [6, 6.07) is 12.3. The lowest BCUT2D eigenvalue weighted by Gasteiger charge is -2.22. The Morgan fingerprint density at radius 2 is 1.85 bits per heavy atom. The van der Waals surface area contributed by atoms with Gasteiger partial charge >= 0.3 is 6.03 Å². The fraction of sp³-hybridized carbons (Fsp3) is 0.211. The number of ketones is 1. The molecule has 0 spiro atoms. The molecule has 3 amide bonds. The lowest BCUT2D eigenvalue weighted by molar-refractivity contribution is -0.130. The van der Waals surface area contributed by atoms with Crippen LogP contribution in [-0.2, 0) is 16.0 Å². The summed E-state index contributed by atoms with van der Waals surface area (Å²) >= 11 is 12.0. The zero-order valence-electron chi connectivity index (χ0n) is 13.7. The summed E-state index contributed by atoms with van der Waals surface area (Å²) in [7, 11) is 0. The van der Waals surface area contributed by atoms with Crippen LogP contribution in [-0.4, -0.2) is 28.7 Å².